The number of nitrogens with zero attached hydrogens (tertiary/aromatic N) is 2. The third-order valence-electron chi connectivity index (χ3n) is 4.07. The quantitative estimate of drug-likeness (QED) is 0.625. The van der Waals surface area contributed by atoms with E-state index in [4.69, 9.17) is 0 Å². The van der Waals surface area contributed by atoms with Crippen LogP contribution < -0.4 is 15.5 Å². The molecule has 1 aromatic carbocycles. The number of amides is 2. The number of aryl methyl sites for hydroxylation is 1. The molecule has 27 heavy (non-hydrogen) atoms. The molecule has 3 rings (SSSR count). The average Bonchev–Trinajstić information content (AvgIpc) is 3.17. The van der Waals surface area contributed by atoms with Crippen LogP contribution in [0.15, 0.2) is 24.3 Å². The number of thiophene rings is 1. The lowest BCUT2D eigenvalue weighted by Crippen LogP contribution is -2.21. The maximum atomic E-state index is 12.7. The molecule has 2 aromatic heterocycles. The van der Waals surface area contributed by atoms with Crippen LogP contribution in [0.5, 0.6) is 0 Å². The van der Waals surface area contributed by atoms with E-state index >= 15 is 0 Å². The fourth-order valence-electron chi connectivity index (χ4n) is 2.71. The number of benzene rings is 1. The number of hydrogen-bond donors (Lipinski definition) is 2. The predicted molar refractivity (Wildman–Crippen MR) is 114 cm³/mol. The molecule has 2 amide bonds. The molecule has 6 nitrogen and oxygen atoms in total. The zero-order valence-corrected chi connectivity index (χ0v) is 17.4. The Bertz CT molecular complexity index is 957. The van der Waals surface area contributed by atoms with Crippen molar-refractivity contribution < 1.29 is 9.59 Å². The fourth-order valence-corrected chi connectivity index (χ4v) is 4.94. The summed E-state index contributed by atoms with van der Waals surface area (Å²) in [5.74, 6) is -0.383. The number of anilines is 3. The SMILES string of the molecule is CCN(CC)c1nc2sc(C(=O)Nc3cc(C)ccc3NC(C)=O)cc2s1. The van der Waals surface area contributed by atoms with E-state index < -0.39 is 0 Å². The van der Waals surface area contributed by atoms with Gasteiger partial charge in [-0.05, 0) is 44.5 Å². The van der Waals surface area contributed by atoms with Crippen molar-refractivity contribution in [3.05, 3.63) is 34.7 Å². The lowest BCUT2D eigenvalue weighted by Gasteiger charge is -2.16. The van der Waals surface area contributed by atoms with Crippen LogP contribution in [-0.4, -0.2) is 29.9 Å². The van der Waals surface area contributed by atoms with Crippen molar-refractivity contribution in [3.8, 4) is 0 Å². The first-order valence-electron chi connectivity index (χ1n) is 8.76. The normalized spacial score (nSPS) is 10.8. The number of thiazole rings is 1. The molecule has 0 saturated heterocycles. The smallest absolute Gasteiger partial charge is 0.265 e. The van der Waals surface area contributed by atoms with E-state index in [-0.39, 0.29) is 11.8 Å². The number of aromatic nitrogens is 1. The van der Waals surface area contributed by atoms with Crippen LogP contribution in [0.2, 0.25) is 0 Å². The molecule has 0 aliphatic rings. The summed E-state index contributed by atoms with van der Waals surface area (Å²) in [4.78, 5) is 32.4. The highest BCUT2D eigenvalue weighted by Crippen LogP contribution is 2.35. The molecule has 0 atom stereocenters. The Balaban J connectivity index is 1.83. The van der Waals surface area contributed by atoms with Crippen LogP contribution in [0.1, 0.15) is 36.0 Å². The lowest BCUT2D eigenvalue weighted by atomic mass is 10.2. The lowest BCUT2D eigenvalue weighted by molar-refractivity contribution is -0.114. The van der Waals surface area contributed by atoms with E-state index in [9.17, 15) is 9.59 Å². The summed E-state index contributed by atoms with van der Waals surface area (Å²) in [6.45, 7) is 9.40. The molecule has 0 aliphatic heterocycles. The van der Waals surface area contributed by atoms with Gasteiger partial charge in [-0.3, -0.25) is 9.59 Å². The van der Waals surface area contributed by atoms with Gasteiger partial charge < -0.3 is 15.5 Å². The molecular weight excluding hydrogens is 380 g/mol. The van der Waals surface area contributed by atoms with Gasteiger partial charge in [0.05, 0.1) is 21.0 Å². The summed E-state index contributed by atoms with van der Waals surface area (Å²) in [5.41, 5.74) is 2.17. The molecule has 0 bridgehead atoms. The first-order valence-corrected chi connectivity index (χ1v) is 10.4. The highest BCUT2D eigenvalue weighted by Gasteiger charge is 2.17. The summed E-state index contributed by atoms with van der Waals surface area (Å²) in [6.07, 6.45) is 0. The van der Waals surface area contributed by atoms with Gasteiger partial charge in [0.15, 0.2) is 5.13 Å². The Morgan fingerprint density at radius 1 is 1.07 bits per heavy atom. The molecule has 3 aromatic rings. The monoisotopic (exact) mass is 402 g/mol. The maximum absolute atomic E-state index is 12.7. The topological polar surface area (TPSA) is 74.3 Å². The van der Waals surface area contributed by atoms with Crippen LogP contribution >= 0.6 is 22.7 Å². The van der Waals surface area contributed by atoms with Gasteiger partial charge in [0.1, 0.15) is 4.83 Å². The minimum absolute atomic E-state index is 0.181. The first-order chi connectivity index (χ1) is 12.9. The van der Waals surface area contributed by atoms with Crippen LogP contribution in [0.4, 0.5) is 16.5 Å². The summed E-state index contributed by atoms with van der Waals surface area (Å²) in [5, 5.41) is 6.64. The zero-order chi connectivity index (χ0) is 19.6. The molecule has 0 radical (unpaired) electrons. The Hall–Kier alpha value is -2.45. The van der Waals surface area contributed by atoms with Crippen LogP contribution in [0.25, 0.3) is 9.53 Å². The van der Waals surface area contributed by atoms with E-state index in [1.54, 1.807) is 17.4 Å². The Morgan fingerprint density at radius 3 is 2.44 bits per heavy atom. The van der Waals surface area contributed by atoms with Gasteiger partial charge in [-0.15, -0.1) is 11.3 Å². The second kappa shape index (κ2) is 8.06. The Kier molecular flexibility index (Phi) is 5.76. The van der Waals surface area contributed by atoms with Crippen molar-refractivity contribution in [1.82, 2.24) is 4.98 Å². The molecular formula is C19H22N4O2S2. The molecule has 0 aliphatic carbocycles. The summed E-state index contributed by atoms with van der Waals surface area (Å²) in [6, 6.07) is 7.40. The van der Waals surface area contributed by atoms with E-state index in [0.29, 0.717) is 16.3 Å². The van der Waals surface area contributed by atoms with Crippen molar-refractivity contribution in [1.29, 1.82) is 0 Å². The van der Waals surface area contributed by atoms with E-state index in [1.165, 1.54) is 18.3 Å². The molecule has 0 fully saturated rings. The number of nitrogens with one attached hydrogen (secondary N) is 2. The average molecular weight is 403 g/mol. The van der Waals surface area contributed by atoms with Gasteiger partial charge >= 0.3 is 0 Å². The maximum Gasteiger partial charge on any atom is 0.265 e. The first kappa shape index (κ1) is 19.3. The largest absolute Gasteiger partial charge is 0.349 e. The van der Waals surface area contributed by atoms with Crippen LogP contribution in [0, 0.1) is 6.92 Å². The highest BCUT2D eigenvalue weighted by atomic mass is 32.1. The molecule has 2 N–H and O–H groups in total. The van der Waals surface area contributed by atoms with E-state index in [1.807, 2.05) is 25.1 Å². The summed E-state index contributed by atoms with van der Waals surface area (Å²) >= 11 is 2.98. The second-order valence-electron chi connectivity index (χ2n) is 6.13. The van der Waals surface area contributed by atoms with Gasteiger partial charge in [-0.25, -0.2) is 4.98 Å². The van der Waals surface area contributed by atoms with E-state index in [2.05, 4.69) is 34.4 Å². The molecule has 0 saturated carbocycles. The third-order valence-corrected chi connectivity index (χ3v) is 6.29. The van der Waals surface area contributed by atoms with Gasteiger partial charge in [0, 0.05) is 20.0 Å². The van der Waals surface area contributed by atoms with Crippen molar-refractivity contribution in [2.24, 2.45) is 0 Å². The van der Waals surface area contributed by atoms with Crippen molar-refractivity contribution in [3.63, 3.8) is 0 Å². The second-order valence-corrected chi connectivity index (χ2v) is 8.17. The number of carbonyl (C=O) groups excluding carboxylic acids is 2. The molecule has 2 heterocycles. The van der Waals surface area contributed by atoms with Crippen molar-refractivity contribution in [2.75, 3.05) is 28.6 Å². The highest BCUT2D eigenvalue weighted by molar-refractivity contribution is 7.29. The van der Waals surface area contributed by atoms with Gasteiger partial charge in [-0.2, -0.15) is 0 Å². The molecule has 0 spiro atoms. The van der Waals surface area contributed by atoms with Crippen molar-refractivity contribution in [2.45, 2.75) is 27.7 Å². The number of carbonyl (C=O) groups is 2. The zero-order valence-electron chi connectivity index (χ0n) is 15.8. The van der Waals surface area contributed by atoms with E-state index in [0.717, 1.165) is 33.3 Å². The number of rotatable bonds is 6. The standard InChI is InChI=1S/C19H22N4O2S2/c1-5-23(6-2)19-22-18-16(27-19)10-15(26-18)17(25)21-14-9-11(3)7-8-13(14)20-12(4)24/h7-10H,5-6H2,1-4H3,(H,20,24)(H,21,25). The van der Waals surface area contributed by atoms with Gasteiger partial charge in [0.25, 0.3) is 5.91 Å². The number of hydrogen-bond acceptors (Lipinski definition) is 6. The molecule has 0 unspecified atom stereocenters. The Morgan fingerprint density at radius 2 is 1.81 bits per heavy atom. The van der Waals surface area contributed by atoms with Crippen LogP contribution in [0.3, 0.4) is 0 Å². The number of fused-ring (bicyclic) bond motifs is 1. The minimum atomic E-state index is -0.202. The summed E-state index contributed by atoms with van der Waals surface area (Å²) in [7, 11) is 0. The van der Waals surface area contributed by atoms with Gasteiger partial charge in [-0.1, -0.05) is 17.4 Å². The third kappa shape index (κ3) is 4.28. The predicted octanol–water partition coefficient (Wildman–Crippen LogP) is 4.72. The van der Waals surface area contributed by atoms with Crippen LogP contribution in [-0.2, 0) is 4.79 Å². The van der Waals surface area contributed by atoms with Gasteiger partial charge in [0.2, 0.25) is 5.91 Å². The summed E-state index contributed by atoms with van der Waals surface area (Å²) < 4.78 is 1.01. The molecule has 8 heteroatoms. The fraction of sp³-hybridized carbons (Fsp3) is 0.316. The molecule has 142 valence electrons. The minimum Gasteiger partial charge on any atom is -0.349 e. The Labute approximate surface area is 166 Å². The van der Waals surface area contributed by atoms with Crippen molar-refractivity contribution >= 4 is 60.5 Å².